The van der Waals surface area contributed by atoms with Crippen LogP contribution in [0.25, 0.3) is 21.7 Å². The number of halogens is 1. The number of nitrogens with zero attached hydrogens (tertiary/aromatic N) is 3. The minimum atomic E-state index is -0.526. The molecule has 0 bridgehead atoms. The van der Waals surface area contributed by atoms with Crippen molar-refractivity contribution in [3.05, 3.63) is 80.8 Å². The molecule has 2 aromatic carbocycles. The second kappa shape index (κ2) is 7.08. The zero-order valence-corrected chi connectivity index (χ0v) is 15.4. The molecule has 0 radical (unpaired) electrons. The summed E-state index contributed by atoms with van der Waals surface area (Å²) < 4.78 is 0.931. The quantitative estimate of drug-likeness (QED) is 0.392. The summed E-state index contributed by atoms with van der Waals surface area (Å²) in [6, 6.07) is 16.3. The Balaban J connectivity index is 1.58. The molecule has 0 saturated carbocycles. The molecule has 1 amide bonds. The van der Waals surface area contributed by atoms with Crippen molar-refractivity contribution >= 4 is 49.7 Å². The van der Waals surface area contributed by atoms with E-state index in [1.54, 1.807) is 30.3 Å². The second-order valence-corrected chi connectivity index (χ2v) is 6.63. The van der Waals surface area contributed by atoms with Crippen LogP contribution in [0.5, 0.6) is 0 Å². The van der Waals surface area contributed by atoms with Crippen molar-refractivity contribution < 1.29 is 4.79 Å². The maximum atomic E-state index is 12.4. The van der Waals surface area contributed by atoms with Crippen LogP contribution in [-0.4, -0.2) is 27.3 Å². The highest BCUT2D eigenvalue weighted by Crippen LogP contribution is 2.18. The van der Waals surface area contributed by atoms with Crippen molar-refractivity contribution in [2.75, 3.05) is 0 Å². The van der Waals surface area contributed by atoms with Crippen LogP contribution < -0.4 is 11.0 Å². The van der Waals surface area contributed by atoms with Gasteiger partial charge in [-0.25, -0.2) is 15.5 Å². The van der Waals surface area contributed by atoms with Crippen LogP contribution in [0.15, 0.2) is 69.0 Å². The third kappa shape index (κ3) is 3.47. The highest BCUT2D eigenvalue weighted by atomic mass is 79.9. The predicted octanol–water partition coefficient (Wildman–Crippen LogP) is 3.00. The minimum Gasteiger partial charge on any atom is -0.267 e. The first-order valence-electron chi connectivity index (χ1n) is 7.99. The number of H-pyrrole nitrogens is 1. The number of hydrazone groups is 1. The fourth-order valence-corrected chi connectivity index (χ4v) is 3.02. The van der Waals surface area contributed by atoms with Gasteiger partial charge in [0.2, 0.25) is 0 Å². The molecule has 0 saturated heterocycles. The van der Waals surface area contributed by atoms with E-state index in [1.165, 1.54) is 6.21 Å². The van der Waals surface area contributed by atoms with E-state index >= 15 is 0 Å². The van der Waals surface area contributed by atoms with Crippen LogP contribution in [-0.2, 0) is 0 Å². The van der Waals surface area contributed by atoms with Crippen LogP contribution in [0.3, 0.4) is 0 Å². The molecule has 2 heterocycles. The van der Waals surface area contributed by atoms with Crippen LogP contribution >= 0.6 is 15.9 Å². The molecule has 0 atom stereocenters. The van der Waals surface area contributed by atoms with Gasteiger partial charge in [-0.3, -0.25) is 9.59 Å². The van der Waals surface area contributed by atoms with E-state index in [0.717, 1.165) is 15.4 Å². The van der Waals surface area contributed by atoms with E-state index in [4.69, 9.17) is 0 Å². The highest BCUT2D eigenvalue weighted by molar-refractivity contribution is 9.10. The molecule has 0 unspecified atom stereocenters. The van der Waals surface area contributed by atoms with Crippen LogP contribution in [0, 0.1) is 0 Å². The number of hydrogen-bond acceptors (Lipinski definition) is 5. The fraction of sp³-hybridized carbons (Fsp3) is 0. The van der Waals surface area contributed by atoms with E-state index in [0.29, 0.717) is 16.5 Å². The summed E-state index contributed by atoms with van der Waals surface area (Å²) in [6.45, 7) is 0. The van der Waals surface area contributed by atoms with E-state index in [-0.39, 0.29) is 11.3 Å². The minimum absolute atomic E-state index is 0.0951. The molecular formula is C19H12BrN5O2. The van der Waals surface area contributed by atoms with E-state index < -0.39 is 5.91 Å². The lowest BCUT2D eigenvalue weighted by Crippen LogP contribution is -2.22. The van der Waals surface area contributed by atoms with Gasteiger partial charge in [-0.1, -0.05) is 46.3 Å². The van der Waals surface area contributed by atoms with Crippen LogP contribution in [0.4, 0.5) is 0 Å². The third-order valence-corrected chi connectivity index (χ3v) is 4.44. The number of nitrogens with one attached hydrogen (secondary N) is 2. The number of hydrogen-bond donors (Lipinski definition) is 2. The molecule has 0 spiro atoms. The molecule has 7 nitrogen and oxygen atoms in total. The predicted molar refractivity (Wildman–Crippen MR) is 107 cm³/mol. The largest absolute Gasteiger partial charge is 0.292 e. The number of fused-ring (bicyclic) bond motifs is 2. The number of rotatable bonds is 3. The molecule has 0 aliphatic carbocycles. The summed E-state index contributed by atoms with van der Waals surface area (Å²) in [6.07, 6.45) is 1.45. The molecule has 27 heavy (non-hydrogen) atoms. The van der Waals surface area contributed by atoms with Gasteiger partial charge in [0.05, 0.1) is 22.8 Å². The summed E-state index contributed by atoms with van der Waals surface area (Å²) in [5.74, 6) is -0.526. The Labute approximate surface area is 161 Å². The molecular weight excluding hydrogens is 410 g/mol. The first-order chi connectivity index (χ1) is 13.1. The first-order valence-corrected chi connectivity index (χ1v) is 8.78. The van der Waals surface area contributed by atoms with Crippen molar-refractivity contribution in [3.63, 3.8) is 0 Å². The zero-order chi connectivity index (χ0) is 18.8. The van der Waals surface area contributed by atoms with Crippen molar-refractivity contribution in [2.45, 2.75) is 0 Å². The lowest BCUT2D eigenvalue weighted by atomic mass is 10.1. The van der Waals surface area contributed by atoms with Gasteiger partial charge in [0, 0.05) is 15.2 Å². The number of benzene rings is 2. The molecule has 4 rings (SSSR count). The van der Waals surface area contributed by atoms with Gasteiger partial charge in [0.1, 0.15) is 0 Å². The number of carbonyl (C=O) groups excluding carboxylic acids is 1. The number of amides is 1. The highest BCUT2D eigenvalue weighted by Gasteiger charge is 2.13. The molecule has 0 aliphatic heterocycles. The fourth-order valence-electron chi connectivity index (χ4n) is 2.68. The van der Waals surface area contributed by atoms with Gasteiger partial charge in [0.25, 0.3) is 11.5 Å². The smallest absolute Gasteiger partial charge is 0.267 e. The van der Waals surface area contributed by atoms with Crippen molar-refractivity contribution in [3.8, 4) is 0 Å². The topological polar surface area (TPSA) is 100 Å². The van der Waals surface area contributed by atoms with Crippen molar-refractivity contribution in [1.29, 1.82) is 0 Å². The number of aromatic amines is 1. The maximum absolute atomic E-state index is 12.4. The van der Waals surface area contributed by atoms with Gasteiger partial charge in [-0.2, -0.15) is 10.2 Å². The Hall–Kier alpha value is -3.39. The molecule has 2 aromatic heterocycles. The molecule has 0 fully saturated rings. The van der Waals surface area contributed by atoms with E-state index in [1.807, 2.05) is 24.3 Å². The van der Waals surface area contributed by atoms with Crippen LogP contribution in [0.1, 0.15) is 16.2 Å². The first kappa shape index (κ1) is 17.0. The summed E-state index contributed by atoms with van der Waals surface area (Å²) >= 11 is 3.42. The maximum Gasteiger partial charge on any atom is 0.292 e. The van der Waals surface area contributed by atoms with Gasteiger partial charge < -0.3 is 0 Å². The summed E-state index contributed by atoms with van der Waals surface area (Å²) in [7, 11) is 0. The third-order valence-electron chi connectivity index (χ3n) is 3.95. The van der Waals surface area contributed by atoms with Crippen molar-refractivity contribution in [1.82, 2.24) is 20.6 Å². The Morgan fingerprint density at radius 3 is 2.74 bits per heavy atom. The lowest BCUT2D eigenvalue weighted by Gasteiger charge is -2.03. The van der Waals surface area contributed by atoms with Crippen molar-refractivity contribution in [2.24, 2.45) is 5.10 Å². The average molecular weight is 422 g/mol. The Morgan fingerprint density at radius 2 is 1.89 bits per heavy atom. The molecule has 0 aliphatic rings. The monoisotopic (exact) mass is 421 g/mol. The average Bonchev–Trinajstić information content (AvgIpc) is 2.68. The molecule has 2 N–H and O–H groups in total. The van der Waals surface area contributed by atoms with Gasteiger partial charge in [-0.15, -0.1) is 0 Å². The Bertz CT molecular complexity index is 1270. The molecule has 132 valence electrons. The number of aromatic nitrogens is 3. The van der Waals surface area contributed by atoms with E-state index in [2.05, 4.69) is 41.6 Å². The summed E-state index contributed by atoms with van der Waals surface area (Å²) in [4.78, 5) is 28.6. The van der Waals surface area contributed by atoms with Gasteiger partial charge in [-0.05, 0) is 24.3 Å². The Kier molecular flexibility index (Phi) is 4.47. The second-order valence-electron chi connectivity index (χ2n) is 5.72. The zero-order valence-electron chi connectivity index (χ0n) is 13.8. The summed E-state index contributed by atoms with van der Waals surface area (Å²) in [5.41, 5.74) is 3.57. The summed E-state index contributed by atoms with van der Waals surface area (Å²) in [5, 5.41) is 12.0. The van der Waals surface area contributed by atoms with Gasteiger partial charge in [0.15, 0.2) is 5.69 Å². The standard InChI is InChI=1S/C19H12BrN5O2/c20-12-7-5-11-6-8-13(22-16(11)9-12)10-21-24-19(27)17-14-3-1-2-4-15(14)18(26)25-23-17/h1-10H,(H,24,27)(H,25,26)/b21-10+. The van der Waals surface area contributed by atoms with Gasteiger partial charge >= 0.3 is 0 Å². The lowest BCUT2D eigenvalue weighted by molar-refractivity contribution is 0.0951. The SMILES string of the molecule is O=C(N/N=C/c1ccc2ccc(Br)cc2n1)c1n[nH]c(=O)c2ccccc12. The number of pyridine rings is 1. The molecule has 8 heteroatoms. The number of carbonyl (C=O) groups is 1. The normalized spacial score (nSPS) is 11.3. The van der Waals surface area contributed by atoms with E-state index in [9.17, 15) is 9.59 Å². The van der Waals surface area contributed by atoms with Crippen LogP contribution in [0.2, 0.25) is 0 Å². The Morgan fingerprint density at radius 1 is 1.11 bits per heavy atom. The molecule has 4 aromatic rings.